The lowest BCUT2D eigenvalue weighted by Crippen LogP contribution is -2.36. The molecule has 0 aliphatic rings. The Morgan fingerprint density at radius 2 is 1.92 bits per heavy atom. The van der Waals surface area contributed by atoms with Gasteiger partial charge < -0.3 is 15.4 Å². The third-order valence-corrected chi connectivity index (χ3v) is 4.82. The minimum Gasteiger partial charge on any atom is -0.377 e. The van der Waals surface area contributed by atoms with E-state index in [1.54, 1.807) is 11.3 Å². The first-order chi connectivity index (χ1) is 12.1. The summed E-state index contributed by atoms with van der Waals surface area (Å²) in [7, 11) is 0. The van der Waals surface area contributed by atoms with Crippen LogP contribution in [0, 0.1) is 13.8 Å². The molecule has 0 radical (unpaired) electrons. The minimum absolute atomic E-state index is 0.624. The maximum absolute atomic E-state index is 5.55. The Labute approximate surface area is 154 Å². The Morgan fingerprint density at radius 3 is 2.56 bits per heavy atom. The van der Waals surface area contributed by atoms with Gasteiger partial charge in [0.15, 0.2) is 5.96 Å². The van der Waals surface area contributed by atoms with Crippen LogP contribution in [0.3, 0.4) is 0 Å². The summed E-state index contributed by atoms with van der Waals surface area (Å²) in [6.45, 7) is 11.7. The molecule has 0 atom stereocenters. The largest absolute Gasteiger partial charge is 0.377 e. The summed E-state index contributed by atoms with van der Waals surface area (Å²) in [5.41, 5.74) is 3.48. The van der Waals surface area contributed by atoms with Crippen LogP contribution >= 0.6 is 11.3 Å². The van der Waals surface area contributed by atoms with E-state index in [1.807, 2.05) is 26.0 Å². The van der Waals surface area contributed by atoms with Crippen LogP contribution in [0.2, 0.25) is 0 Å². The number of ether oxygens (including phenoxy) is 1. The van der Waals surface area contributed by atoms with Crippen LogP contribution in [-0.4, -0.2) is 24.1 Å². The lowest BCUT2D eigenvalue weighted by molar-refractivity contribution is 0.133. The number of aromatic nitrogens is 1. The molecule has 0 saturated heterocycles. The highest BCUT2D eigenvalue weighted by atomic mass is 32.1. The highest BCUT2D eigenvalue weighted by Crippen LogP contribution is 2.16. The van der Waals surface area contributed by atoms with Crippen molar-refractivity contribution < 1.29 is 4.74 Å². The van der Waals surface area contributed by atoms with Crippen LogP contribution < -0.4 is 10.6 Å². The summed E-state index contributed by atoms with van der Waals surface area (Å²) in [6.07, 6.45) is 0. The summed E-state index contributed by atoms with van der Waals surface area (Å²) in [6, 6.07) is 8.30. The van der Waals surface area contributed by atoms with Crippen molar-refractivity contribution in [2.45, 2.75) is 47.4 Å². The topological polar surface area (TPSA) is 58.5 Å². The SMILES string of the molecule is CCNC(=NCc1ccccc1COCC)NCc1sc(C)nc1C. The van der Waals surface area contributed by atoms with Gasteiger partial charge in [0, 0.05) is 18.0 Å². The van der Waals surface area contributed by atoms with Gasteiger partial charge in [0.2, 0.25) is 0 Å². The molecule has 0 unspecified atom stereocenters. The van der Waals surface area contributed by atoms with E-state index < -0.39 is 0 Å². The molecule has 1 heterocycles. The molecule has 0 spiro atoms. The van der Waals surface area contributed by atoms with E-state index in [2.05, 4.69) is 41.6 Å². The zero-order valence-electron chi connectivity index (χ0n) is 15.6. The second-order valence-electron chi connectivity index (χ2n) is 5.70. The third kappa shape index (κ3) is 6.14. The average molecular weight is 361 g/mol. The molecule has 0 aliphatic heterocycles. The number of rotatable bonds is 8. The second kappa shape index (κ2) is 10.2. The molecular formula is C19H28N4OS. The van der Waals surface area contributed by atoms with Crippen LogP contribution in [0.4, 0.5) is 0 Å². The molecule has 0 aliphatic carbocycles. The first-order valence-corrected chi connectivity index (χ1v) is 9.55. The lowest BCUT2D eigenvalue weighted by Gasteiger charge is -2.12. The van der Waals surface area contributed by atoms with Crippen molar-refractivity contribution in [3.63, 3.8) is 0 Å². The van der Waals surface area contributed by atoms with Gasteiger partial charge in [-0.05, 0) is 38.8 Å². The standard InChI is InChI=1S/C19H28N4OS/c1-5-20-19(22-12-18-14(3)23-15(4)25-18)21-11-16-9-7-8-10-17(16)13-24-6-2/h7-10H,5-6,11-13H2,1-4H3,(H2,20,21,22). The van der Waals surface area contributed by atoms with Crippen molar-refractivity contribution in [2.24, 2.45) is 4.99 Å². The summed E-state index contributed by atoms with van der Waals surface area (Å²) in [5, 5.41) is 7.80. The van der Waals surface area contributed by atoms with Gasteiger partial charge >= 0.3 is 0 Å². The van der Waals surface area contributed by atoms with Crippen LogP contribution in [-0.2, 0) is 24.4 Å². The maximum Gasteiger partial charge on any atom is 0.191 e. The fraction of sp³-hybridized carbons (Fsp3) is 0.474. The van der Waals surface area contributed by atoms with E-state index in [4.69, 9.17) is 9.73 Å². The van der Waals surface area contributed by atoms with Gasteiger partial charge in [-0.1, -0.05) is 24.3 Å². The van der Waals surface area contributed by atoms with Gasteiger partial charge in [-0.2, -0.15) is 0 Å². The summed E-state index contributed by atoms with van der Waals surface area (Å²) in [5.74, 6) is 0.819. The molecule has 2 rings (SSSR count). The highest BCUT2D eigenvalue weighted by molar-refractivity contribution is 7.11. The van der Waals surface area contributed by atoms with Gasteiger partial charge in [-0.25, -0.2) is 9.98 Å². The van der Waals surface area contributed by atoms with Crippen LogP contribution in [0.25, 0.3) is 0 Å². The van der Waals surface area contributed by atoms with Crippen molar-refractivity contribution in [3.05, 3.63) is 51.0 Å². The van der Waals surface area contributed by atoms with Crippen molar-refractivity contribution in [1.82, 2.24) is 15.6 Å². The fourth-order valence-corrected chi connectivity index (χ4v) is 3.35. The summed E-state index contributed by atoms with van der Waals surface area (Å²) in [4.78, 5) is 10.4. The van der Waals surface area contributed by atoms with E-state index in [1.165, 1.54) is 16.0 Å². The van der Waals surface area contributed by atoms with Crippen LogP contribution in [0.15, 0.2) is 29.3 Å². The van der Waals surface area contributed by atoms with E-state index in [0.717, 1.165) is 36.4 Å². The number of thiazole rings is 1. The predicted molar refractivity (Wildman–Crippen MR) is 105 cm³/mol. The van der Waals surface area contributed by atoms with Gasteiger partial charge in [0.25, 0.3) is 0 Å². The smallest absolute Gasteiger partial charge is 0.191 e. The molecule has 0 saturated carbocycles. The zero-order valence-corrected chi connectivity index (χ0v) is 16.4. The lowest BCUT2D eigenvalue weighted by atomic mass is 10.1. The van der Waals surface area contributed by atoms with Crippen molar-refractivity contribution in [1.29, 1.82) is 0 Å². The molecule has 0 bridgehead atoms. The monoisotopic (exact) mass is 360 g/mol. The number of hydrogen-bond donors (Lipinski definition) is 2. The molecule has 25 heavy (non-hydrogen) atoms. The van der Waals surface area contributed by atoms with Gasteiger partial charge in [-0.15, -0.1) is 11.3 Å². The predicted octanol–water partition coefficient (Wildman–Crippen LogP) is 3.55. The van der Waals surface area contributed by atoms with E-state index >= 15 is 0 Å². The molecule has 2 N–H and O–H groups in total. The summed E-state index contributed by atoms with van der Waals surface area (Å²) >= 11 is 1.73. The van der Waals surface area contributed by atoms with Crippen LogP contribution in [0.1, 0.15) is 40.6 Å². The molecule has 1 aromatic carbocycles. The quantitative estimate of drug-likeness (QED) is 0.558. The molecule has 0 fully saturated rings. The number of benzene rings is 1. The van der Waals surface area contributed by atoms with Crippen LogP contribution in [0.5, 0.6) is 0 Å². The number of aliphatic imine (C=N–C) groups is 1. The zero-order chi connectivity index (χ0) is 18.1. The van der Waals surface area contributed by atoms with Crippen molar-refractivity contribution in [3.8, 4) is 0 Å². The second-order valence-corrected chi connectivity index (χ2v) is 6.98. The molecule has 2 aromatic rings. The third-order valence-electron chi connectivity index (χ3n) is 3.75. The first-order valence-electron chi connectivity index (χ1n) is 8.73. The number of guanidine groups is 1. The van der Waals surface area contributed by atoms with Crippen molar-refractivity contribution >= 4 is 17.3 Å². The number of nitrogens with zero attached hydrogens (tertiary/aromatic N) is 2. The first kappa shape index (κ1) is 19.4. The van der Waals surface area contributed by atoms with E-state index in [0.29, 0.717) is 13.2 Å². The number of aryl methyl sites for hydroxylation is 2. The molecule has 0 amide bonds. The van der Waals surface area contributed by atoms with E-state index in [-0.39, 0.29) is 0 Å². The Bertz CT molecular complexity index is 696. The normalized spacial score (nSPS) is 11.6. The number of nitrogens with one attached hydrogen (secondary N) is 2. The van der Waals surface area contributed by atoms with Gasteiger partial charge in [0.05, 0.1) is 30.4 Å². The van der Waals surface area contributed by atoms with Crippen molar-refractivity contribution in [2.75, 3.05) is 13.2 Å². The number of hydrogen-bond acceptors (Lipinski definition) is 4. The average Bonchev–Trinajstić information content (AvgIpc) is 2.93. The Kier molecular flexibility index (Phi) is 7.88. The Morgan fingerprint density at radius 1 is 1.16 bits per heavy atom. The van der Waals surface area contributed by atoms with Gasteiger partial charge in [0.1, 0.15) is 0 Å². The molecule has 6 heteroatoms. The molecular weight excluding hydrogens is 332 g/mol. The van der Waals surface area contributed by atoms with E-state index in [9.17, 15) is 0 Å². The Hall–Kier alpha value is -1.92. The highest BCUT2D eigenvalue weighted by Gasteiger charge is 2.06. The fourth-order valence-electron chi connectivity index (χ4n) is 2.47. The minimum atomic E-state index is 0.624. The summed E-state index contributed by atoms with van der Waals surface area (Å²) < 4.78 is 5.55. The maximum atomic E-state index is 5.55. The van der Waals surface area contributed by atoms with Gasteiger partial charge in [-0.3, -0.25) is 0 Å². The Balaban J connectivity index is 2.03. The molecule has 1 aromatic heterocycles. The molecule has 5 nitrogen and oxygen atoms in total. The molecule has 136 valence electrons.